The van der Waals surface area contributed by atoms with Gasteiger partial charge in [0, 0.05) is 19.6 Å². The van der Waals surface area contributed by atoms with Gasteiger partial charge in [0.15, 0.2) is 0 Å². The molecule has 0 aliphatic rings. The van der Waals surface area contributed by atoms with Crippen LogP contribution >= 0.6 is 0 Å². The van der Waals surface area contributed by atoms with Crippen LogP contribution in [0.3, 0.4) is 0 Å². The molecule has 0 heterocycles. The Morgan fingerprint density at radius 2 is 1.81 bits per heavy atom. The van der Waals surface area contributed by atoms with Crippen molar-refractivity contribution in [1.82, 2.24) is 9.80 Å². The van der Waals surface area contributed by atoms with Gasteiger partial charge in [0.05, 0.1) is 6.10 Å². The van der Waals surface area contributed by atoms with Crippen molar-refractivity contribution in [2.45, 2.75) is 33.3 Å². The zero-order valence-corrected chi connectivity index (χ0v) is 11.3. The summed E-state index contributed by atoms with van der Waals surface area (Å²) in [4.78, 5) is 15.8. The first-order valence-corrected chi connectivity index (χ1v) is 6.01. The van der Waals surface area contributed by atoms with Crippen molar-refractivity contribution in [1.29, 1.82) is 0 Å². The molecule has 0 aliphatic heterocycles. The van der Waals surface area contributed by atoms with Crippen LogP contribution in [0.25, 0.3) is 0 Å². The number of ether oxygens (including phenoxy) is 1. The minimum Gasteiger partial charge on any atom is -0.369 e. The molecule has 0 N–H and O–H groups in total. The Kier molecular flexibility index (Phi) is 8.21. The Morgan fingerprint density at radius 1 is 1.19 bits per heavy atom. The number of carbonyl (C=O) groups is 1. The van der Waals surface area contributed by atoms with Crippen LogP contribution in [0.5, 0.6) is 0 Å². The zero-order chi connectivity index (χ0) is 12.6. The number of likely N-dealkylation sites (N-methyl/N-ethyl adjacent to an activating group) is 1. The number of carbonyl (C=O) groups excluding carboxylic acids is 1. The van der Waals surface area contributed by atoms with Gasteiger partial charge in [-0.2, -0.15) is 0 Å². The second-order valence-electron chi connectivity index (χ2n) is 4.54. The molecule has 0 rings (SSSR count). The highest BCUT2D eigenvalue weighted by atomic mass is 16.5. The molecule has 4 nitrogen and oxygen atoms in total. The van der Waals surface area contributed by atoms with Gasteiger partial charge in [-0.15, -0.1) is 0 Å². The molecule has 0 aromatic heterocycles. The van der Waals surface area contributed by atoms with E-state index in [1.165, 1.54) is 0 Å². The van der Waals surface area contributed by atoms with Crippen LogP contribution in [0.2, 0.25) is 0 Å². The highest BCUT2D eigenvalue weighted by molar-refractivity contribution is 5.77. The van der Waals surface area contributed by atoms with E-state index in [2.05, 4.69) is 11.8 Å². The largest absolute Gasteiger partial charge is 0.369 e. The fourth-order valence-corrected chi connectivity index (χ4v) is 1.28. The molecule has 0 aromatic carbocycles. The Bertz CT molecular complexity index is 193. The first-order chi connectivity index (χ1) is 7.47. The van der Waals surface area contributed by atoms with Crippen LogP contribution in [0.4, 0.5) is 0 Å². The SMILES string of the molecule is CCCN(CCN(C)C)C(=O)COC(C)C. The summed E-state index contributed by atoms with van der Waals surface area (Å²) in [7, 11) is 4.03. The Labute approximate surface area is 99.5 Å². The monoisotopic (exact) mass is 230 g/mol. The van der Waals surface area contributed by atoms with E-state index in [4.69, 9.17) is 4.74 Å². The number of rotatable bonds is 8. The molecule has 0 fully saturated rings. The number of amides is 1. The molecule has 96 valence electrons. The molecule has 1 amide bonds. The molecule has 0 spiro atoms. The second kappa shape index (κ2) is 8.53. The number of hydrogen-bond donors (Lipinski definition) is 0. The van der Waals surface area contributed by atoms with Crippen molar-refractivity contribution in [2.24, 2.45) is 0 Å². The van der Waals surface area contributed by atoms with Crippen molar-refractivity contribution < 1.29 is 9.53 Å². The van der Waals surface area contributed by atoms with E-state index in [1.54, 1.807) is 0 Å². The molecule has 0 saturated carbocycles. The minimum absolute atomic E-state index is 0.0948. The average Bonchev–Trinajstić information content (AvgIpc) is 2.20. The summed E-state index contributed by atoms with van der Waals surface area (Å²) in [5, 5.41) is 0. The van der Waals surface area contributed by atoms with Gasteiger partial charge < -0.3 is 14.5 Å². The van der Waals surface area contributed by atoms with Crippen LogP contribution in [0.1, 0.15) is 27.2 Å². The van der Waals surface area contributed by atoms with Crippen LogP contribution < -0.4 is 0 Å². The van der Waals surface area contributed by atoms with Crippen LogP contribution in [-0.2, 0) is 9.53 Å². The third-order valence-electron chi connectivity index (χ3n) is 2.20. The van der Waals surface area contributed by atoms with Gasteiger partial charge in [0.25, 0.3) is 0 Å². The molecule has 0 aromatic rings. The van der Waals surface area contributed by atoms with Crippen molar-refractivity contribution >= 4 is 5.91 Å². The molecule has 0 aliphatic carbocycles. The van der Waals surface area contributed by atoms with Gasteiger partial charge in [-0.25, -0.2) is 0 Å². The standard InChI is InChI=1S/C12H26N2O2/c1-6-7-14(9-8-13(4)5)12(15)10-16-11(2)3/h11H,6-10H2,1-5H3. The lowest BCUT2D eigenvalue weighted by Gasteiger charge is -2.24. The van der Waals surface area contributed by atoms with Gasteiger partial charge in [-0.1, -0.05) is 6.92 Å². The maximum Gasteiger partial charge on any atom is 0.248 e. The van der Waals surface area contributed by atoms with Crippen molar-refractivity contribution in [2.75, 3.05) is 40.3 Å². The molecule has 0 unspecified atom stereocenters. The van der Waals surface area contributed by atoms with Crippen LogP contribution in [0, 0.1) is 0 Å². The van der Waals surface area contributed by atoms with E-state index in [1.807, 2.05) is 32.8 Å². The first-order valence-electron chi connectivity index (χ1n) is 6.01. The zero-order valence-electron chi connectivity index (χ0n) is 11.3. The molecule has 0 atom stereocenters. The molecule has 0 saturated heterocycles. The van der Waals surface area contributed by atoms with E-state index in [9.17, 15) is 4.79 Å². The van der Waals surface area contributed by atoms with E-state index >= 15 is 0 Å². The number of hydrogen-bond acceptors (Lipinski definition) is 3. The fourth-order valence-electron chi connectivity index (χ4n) is 1.28. The molecule has 0 radical (unpaired) electrons. The predicted octanol–water partition coefficient (Wildman–Crippen LogP) is 1.21. The molecule has 4 heteroatoms. The molecule has 0 bridgehead atoms. The lowest BCUT2D eigenvalue weighted by Crippen LogP contribution is -2.39. The fraction of sp³-hybridized carbons (Fsp3) is 0.917. The number of nitrogens with zero attached hydrogens (tertiary/aromatic N) is 2. The maximum atomic E-state index is 11.8. The summed E-state index contributed by atoms with van der Waals surface area (Å²) in [6, 6.07) is 0. The minimum atomic E-state index is 0.0948. The van der Waals surface area contributed by atoms with Gasteiger partial charge in [0.1, 0.15) is 6.61 Å². The summed E-state index contributed by atoms with van der Waals surface area (Å²) in [5.74, 6) is 0.0948. The van der Waals surface area contributed by atoms with Gasteiger partial charge in [0.2, 0.25) is 5.91 Å². The lowest BCUT2D eigenvalue weighted by atomic mass is 10.3. The van der Waals surface area contributed by atoms with E-state index in [0.29, 0.717) is 0 Å². The Hall–Kier alpha value is -0.610. The summed E-state index contributed by atoms with van der Waals surface area (Å²) < 4.78 is 5.33. The quantitative estimate of drug-likeness (QED) is 0.628. The highest BCUT2D eigenvalue weighted by Gasteiger charge is 2.13. The Balaban J connectivity index is 4.02. The summed E-state index contributed by atoms with van der Waals surface area (Å²) >= 11 is 0. The second-order valence-corrected chi connectivity index (χ2v) is 4.54. The van der Waals surface area contributed by atoms with E-state index < -0.39 is 0 Å². The molecular weight excluding hydrogens is 204 g/mol. The normalized spacial score (nSPS) is 11.2. The van der Waals surface area contributed by atoms with Gasteiger partial charge in [-0.05, 0) is 34.4 Å². The Morgan fingerprint density at radius 3 is 2.25 bits per heavy atom. The summed E-state index contributed by atoms with van der Waals surface area (Å²) in [6.45, 7) is 8.65. The van der Waals surface area contributed by atoms with Crippen molar-refractivity contribution in [3.05, 3.63) is 0 Å². The highest BCUT2D eigenvalue weighted by Crippen LogP contribution is 1.96. The summed E-state index contributed by atoms with van der Waals surface area (Å²) in [5.41, 5.74) is 0. The van der Waals surface area contributed by atoms with Gasteiger partial charge >= 0.3 is 0 Å². The third-order valence-corrected chi connectivity index (χ3v) is 2.20. The first kappa shape index (κ1) is 15.4. The average molecular weight is 230 g/mol. The van der Waals surface area contributed by atoms with Crippen LogP contribution in [-0.4, -0.2) is 62.1 Å². The summed E-state index contributed by atoms with van der Waals surface area (Å²) in [6.07, 6.45) is 1.10. The van der Waals surface area contributed by atoms with E-state index in [-0.39, 0.29) is 18.6 Å². The van der Waals surface area contributed by atoms with Crippen molar-refractivity contribution in [3.8, 4) is 0 Å². The topological polar surface area (TPSA) is 32.8 Å². The lowest BCUT2D eigenvalue weighted by molar-refractivity contribution is -0.137. The smallest absolute Gasteiger partial charge is 0.248 e. The van der Waals surface area contributed by atoms with Crippen molar-refractivity contribution in [3.63, 3.8) is 0 Å². The third kappa shape index (κ3) is 7.65. The predicted molar refractivity (Wildman–Crippen MR) is 66.5 cm³/mol. The van der Waals surface area contributed by atoms with Gasteiger partial charge in [-0.3, -0.25) is 4.79 Å². The van der Waals surface area contributed by atoms with E-state index in [0.717, 1.165) is 26.1 Å². The van der Waals surface area contributed by atoms with Crippen LogP contribution in [0.15, 0.2) is 0 Å². The molecule has 16 heavy (non-hydrogen) atoms. The maximum absolute atomic E-state index is 11.8. The molecular formula is C12H26N2O2.